The van der Waals surface area contributed by atoms with Crippen LogP contribution in [0.2, 0.25) is 0 Å². The summed E-state index contributed by atoms with van der Waals surface area (Å²) in [5.74, 6) is -1.05. The summed E-state index contributed by atoms with van der Waals surface area (Å²) in [5.41, 5.74) is 4.43. The smallest absolute Gasteiger partial charge is 0.318 e. The minimum Gasteiger partial charge on any atom is -0.318 e. The number of benzene rings is 1. The van der Waals surface area contributed by atoms with E-state index in [-0.39, 0.29) is 11.4 Å². The first-order valence-corrected chi connectivity index (χ1v) is 4.74. The first-order valence-electron chi connectivity index (χ1n) is 4.74. The second-order valence-electron chi connectivity index (χ2n) is 3.52. The van der Waals surface area contributed by atoms with E-state index in [1.807, 2.05) is 0 Å². The molecule has 1 aromatic heterocycles. The maximum Gasteiger partial charge on any atom is 0.416 e. The maximum atomic E-state index is 13.1. The van der Waals surface area contributed by atoms with Gasteiger partial charge in [-0.15, -0.1) is 10.2 Å². The van der Waals surface area contributed by atoms with Crippen molar-refractivity contribution in [1.29, 1.82) is 0 Å². The summed E-state index contributed by atoms with van der Waals surface area (Å²) in [5, 5.41) is 12.4. The van der Waals surface area contributed by atoms with Crippen LogP contribution in [0, 0.1) is 5.82 Å². The molecule has 0 aliphatic rings. The number of rotatable bonds is 2. The van der Waals surface area contributed by atoms with Gasteiger partial charge in [0.05, 0.1) is 11.6 Å². The van der Waals surface area contributed by atoms with E-state index in [4.69, 9.17) is 5.73 Å². The van der Waals surface area contributed by atoms with Gasteiger partial charge in [-0.25, -0.2) is 4.39 Å². The first-order chi connectivity index (χ1) is 8.38. The maximum absolute atomic E-state index is 13.1. The number of nitrogens with one attached hydrogen (secondary N) is 1. The van der Waals surface area contributed by atoms with Gasteiger partial charge in [0.2, 0.25) is 0 Å². The predicted octanol–water partition coefficient (Wildman–Crippen LogP) is 1.41. The zero-order valence-electron chi connectivity index (χ0n) is 8.74. The van der Waals surface area contributed by atoms with Gasteiger partial charge < -0.3 is 5.73 Å². The van der Waals surface area contributed by atoms with Gasteiger partial charge >= 0.3 is 6.18 Å². The van der Waals surface area contributed by atoms with Crippen molar-refractivity contribution in [3.8, 4) is 0 Å². The normalized spacial score (nSPS) is 13.6. The minimum absolute atomic E-state index is 0.0197. The Balaban J connectivity index is 2.43. The van der Waals surface area contributed by atoms with E-state index in [1.165, 1.54) is 0 Å². The number of nitrogens with zero attached hydrogens (tertiary/aromatic N) is 3. The van der Waals surface area contributed by atoms with Gasteiger partial charge in [-0.2, -0.15) is 18.4 Å². The number of alkyl halides is 3. The highest BCUT2D eigenvalue weighted by molar-refractivity contribution is 5.31. The fourth-order valence-corrected chi connectivity index (χ4v) is 1.41. The summed E-state index contributed by atoms with van der Waals surface area (Å²) in [7, 11) is 0. The Labute approximate surface area is 98.0 Å². The van der Waals surface area contributed by atoms with Gasteiger partial charge in [0.15, 0.2) is 5.82 Å². The van der Waals surface area contributed by atoms with Gasteiger partial charge in [0.1, 0.15) is 5.82 Å². The molecule has 0 aliphatic carbocycles. The van der Waals surface area contributed by atoms with Crippen molar-refractivity contribution < 1.29 is 17.6 Å². The fourth-order valence-electron chi connectivity index (χ4n) is 1.41. The molecule has 0 spiro atoms. The highest BCUT2D eigenvalue weighted by Crippen LogP contribution is 2.31. The van der Waals surface area contributed by atoms with Crippen molar-refractivity contribution in [2.45, 2.75) is 12.2 Å². The van der Waals surface area contributed by atoms with Gasteiger partial charge in [0, 0.05) is 0 Å². The molecule has 96 valence electrons. The summed E-state index contributed by atoms with van der Waals surface area (Å²) < 4.78 is 50.6. The van der Waals surface area contributed by atoms with Crippen LogP contribution < -0.4 is 5.73 Å². The lowest BCUT2D eigenvalue weighted by Gasteiger charge is -2.12. The predicted molar refractivity (Wildman–Crippen MR) is 51.6 cm³/mol. The molecule has 18 heavy (non-hydrogen) atoms. The molecule has 0 saturated carbocycles. The molecule has 1 atom stereocenters. The minimum atomic E-state index is -4.65. The second kappa shape index (κ2) is 4.33. The molecule has 1 heterocycles. The lowest BCUT2D eigenvalue weighted by molar-refractivity contribution is -0.137. The van der Waals surface area contributed by atoms with Crippen LogP contribution in [0.3, 0.4) is 0 Å². The van der Waals surface area contributed by atoms with Gasteiger partial charge in [-0.05, 0) is 23.8 Å². The second-order valence-corrected chi connectivity index (χ2v) is 3.52. The van der Waals surface area contributed by atoms with Crippen LogP contribution in [0.1, 0.15) is 23.0 Å². The van der Waals surface area contributed by atoms with Crippen molar-refractivity contribution in [2.24, 2.45) is 5.73 Å². The molecule has 1 unspecified atom stereocenters. The van der Waals surface area contributed by atoms with Crippen LogP contribution in [0.5, 0.6) is 0 Å². The zero-order valence-corrected chi connectivity index (χ0v) is 8.74. The Bertz CT molecular complexity index is 536. The molecule has 9 heteroatoms. The summed E-state index contributed by atoms with van der Waals surface area (Å²) in [6.07, 6.45) is -4.65. The Hall–Kier alpha value is -2.03. The van der Waals surface area contributed by atoms with Gasteiger partial charge in [0.25, 0.3) is 0 Å². The van der Waals surface area contributed by atoms with Crippen LogP contribution in [0.15, 0.2) is 18.2 Å². The number of halogens is 4. The molecule has 3 N–H and O–H groups in total. The van der Waals surface area contributed by atoms with Crippen LogP contribution in [0.25, 0.3) is 0 Å². The molecule has 2 aromatic rings. The Morgan fingerprint density at radius 3 is 2.50 bits per heavy atom. The van der Waals surface area contributed by atoms with Crippen molar-refractivity contribution in [2.75, 3.05) is 0 Å². The van der Waals surface area contributed by atoms with E-state index in [2.05, 4.69) is 20.6 Å². The lowest BCUT2D eigenvalue weighted by Crippen LogP contribution is -2.16. The largest absolute Gasteiger partial charge is 0.416 e. The topological polar surface area (TPSA) is 80.5 Å². The molecule has 5 nitrogen and oxygen atoms in total. The highest BCUT2D eigenvalue weighted by Gasteiger charge is 2.32. The zero-order chi connectivity index (χ0) is 13.3. The number of H-pyrrole nitrogens is 1. The third-order valence-corrected chi connectivity index (χ3v) is 2.25. The number of hydrogen-bond acceptors (Lipinski definition) is 4. The van der Waals surface area contributed by atoms with E-state index >= 15 is 0 Å². The molecular formula is C9H7F4N5. The van der Waals surface area contributed by atoms with E-state index in [0.29, 0.717) is 6.07 Å². The van der Waals surface area contributed by atoms with E-state index < -0.39 is 23.6 Å². The average Bonchev–Trinajstić information content (AvgIpc) is 2.79. The summed E-state index contributed by atoms with van der Waals surface area (Å²) in [6.45, 7) is 0. The Morgan fingerprint density at radius 1 is 1.22 bits per heavy atom. The molecule has 0 fully saturated rings. The average molecular weight is 261 g/mol. The quantitative estimate of drug-likeness (QED) is 0.801. The molecule has 0 radical (unpaired) electrons. The van der Waals surface area contributed by atoms with Crippen molar-refractivity contribution in [3.05, 3.63) is 41.0 Å². The molecule has 0 bridgehead atoms. The molecule has 0 amide bonds. The molecule has 2 rings (SSSR count). The fraction of sp³-hybridized carbons (Fsp3) is 0.222. The summed E-state index contributed by atoms with van der Waals surface area (Å²) in [4.78, 5) is 0. The third kappa shape index (κ3) is 2.45. The third-order valence-electron chi connectivity index (χ3n) is 2.25. The number of tetrazole rings is 1. The number of aromatic nitrogens is 4. The molecular weight excluding hydrogens is 254 g/mol. The SMILES string of the molecule is NC(c1cc(F)cc(C(F)(F)F)c1)c1nn[nH]n1. The first kappa shape index (κ1) is 12.4. The van der Waals surface area contributed by atoms with Gasteiger partial charge in [-0.3, -0.25) is 0 Å². The Kier molecular flexibility index (Phi) is 2.99. The van der Waals surface area contributed by atoms with Crippen LogP contribution in [0.4, 0.5) is 17.6 Å². The molecule has 0 aliphatic heterocycles. The molecule has 0 saturated heterocycles. The van der Waals surface area contributed by atoms with E-state index in [0.717, 1.165) is 12.1 Å². The lowest BCUT2D eigenvalue weighted by atomic mass is 10.0. The summed E-state index contributed by atoms with van der Waals surface area (Å²) in [6, 6.07) is 0.966. The van der Waals surface area contributed by atoms with Gasteiger partial charge in [-0.1, -0.05) is 5.21 Å². The standard InChI is InChI=1S/C9H7F4N5/c10-6-2-4(1-5(3-6)9(11,12)13)7(14)8-15-17-18-16-8/h1-3,7H,14H2,(H,15,16,17,18). The van der Waals surface area contributed by atoms with Crippen LogP contribution >= 0.6 is 0 Å². The number of hydrogen-bond donors (Lipinski definition) is 2. The number of nitrogens with two attached hydrogens (primary N) is 1. The van der Waals surface area contributed by atoms with E-state index in [9.17, 15) is 17.6 Å². The van der Waals surface area contributed by atoms with Crippen molar-refractivity contribution >= 4 is 0 Å². The van der Waals surface area contributed by atoms with Crippen LogP contribution in [-0.2, 0) is 6.18 Å². The Morgan fingerprint density at radius 2 is 1.94 bits per heavy atom. The monoisotopic (exact) mass is 261 g/mol. The van der Waals surface area contributed by atoms with Crippen molar-refractivity contribution in [1.82, 2.24) is 20.6 Å². The molecule has 1 aromatic carbocycles. The summed E-state index contributed by atoms with van der Waals surface area (Å²) >= 11 is 0. The number of aromatic amines is 1. The van der Waals surface area contributed by atoms with Crippen LogP contribution in [-0.4, -0.2) is 20.6 Å². The van der Waals surface area contributed by atoms with E-state index in [1.54, 1.807) is 0 Å². The van der Waals surface area contributed by atoms with Crippen molar-refractivity contribution in [3.63, 3.8) is 0 Å². The highest BCUT2D eigenvalue weighted by atomic mass is 19.4.